The van der Waals surface area contributed by atoms with Crippen molar-refractivity contribution in [1.29, 1.82) is 0 Å². The van der Waals surface area contributed by atoms with Gasteiger partial charge >= 0.3 is 6.03 Å². The van der Waals surface area contributed by atoms with E-state index in [9.17, 15) is 9.59 Å². The van der Waals surface area contributed by atoms with Gasteiger partial charge in [0.2, 0.25) is 0 Å². The van der Waals surface area contributed by atoms with Crippen molar-refractivity contribution in [2.45, 2.75) is 44.6 Å². The van der Waals surface area contributed by atoms with Crippen LogP contribution in [0.2, 0.25) is 0 Å². The molecular formula is C14H23N3O2. The van der Waals surface area contributed by atoms with Crippen molar-refractivity contribution < 1.29 is 9.59 Å². The van der Waals surface area contributed by atoms with E-state index in [4.69, 9.17) is 0 Å². The average Bonchev–Trinajstić information content (AvgIpc) is 2.71. The van der Waals surface area contributed by atoms with E-state index in [0.29, 0.717) is 6.54 Å². The Labute approximate surface area is 114 Å². The third-order valence-electron chi connectivity index (χ3n) is 4.62. The van der Waals surface area contributed by atoms with Crippen LogP contribution in [-0.4, -0.2) is 65.4 Å². The molecule has 3 fully saturated rings. The zero-order chi connectivity index (χ0) is 13.2. The maximum Gasteiger partial charge on any atom is 0.327 e. The first-order chi connectivity index (χ1) is 9.27. The number of carbonyl (C=O) groups is 2. The van der Waals surface area contributed by atoms with Gasteiger partial charge in [-0.1, -0.05) is 6.42 Å². The van der Waals surface area contributed by atoms with E-state index in [0.717, 1.165) is 45.4 Å². The van der Waals surface area contributed by atoms with Crippen LogP contribution >= 0.6 is 0 Å². The number of urea groups is 1. The Balaban J connectivity index is 1.58. The predicted molar refractivity (Wildman–Crippen MR) is 71.7 cm³/mol. The summed E-state index contributed by atoms with van der Waals surface area (Å²) in [4.78, 5) is 30.1. The van der Waals surface area contributed by atoms with Crippen LogP contribution in [0.25, 0.3) is 0 Å². The molecule has 0 spiro atoms. The molecule has 0 aromatic rings. The molecule has 0 N–H and O–H groups in total. The number of rotatable bonds is 3. The lowest BCUT2D eigenvalue weighted by atomic mass is 10.0. The molecule has 3 amide bonds. The van der Waals surface area contributed by atoms with E-state index in [1.807, 2.05) is 0 Å². The summed E-state index contributed by atoms with van der Waals surface area (Å²) in [6, 6.07) is -0.200. The smallest absolute Gasteiger partial charge is 0.312 e. The number of fused-ring (bicyclic) bond motifs is 1. The molecule has 0 aromatic carbocycles. The Morgan fingerprint density at radius 2 is 1.63 bits per heavy atom. The third-order valence-corrected chi connectivity index (χ3v) is 4.62. The molecule has 3 aliphatic rings. The monoisotopic (exact) mass is 265 g/mol. The van der Waals surface area contributed by atoms with Gasteiger partial charge in [0.25, 0.3) is 5.91 Å². The standard InChI is InChI=1S/C14H23N3O2/c18-13-12-6-2-5-9-16(12)14(19)17(13)11-10-15-7-3-1-4-8-15/h12H,1-11H2/t12-/m0/s1. The molecular weight excluding hydrogens is 242 g/mol. The lowest BCUT2D eigenvalue weighted by molar-refractivity contribution is -0.129. The van der Waals surface area contributed by atoms with Crippen LogP contribution in [0.4, 0.5) is 4.79 Å². The molecule has 3 heterocycles. The Hall–Kier alpha value is -1.10. The number of piperidine rings is 2. The minimum atomic E-state index is -0.150. The minimum Gasteiger partial charge on any atom is -0.312 e. The van der Waals surface area contributed by atoms with E-state index < -0.39 is 0 Å². The van der Waals surface area contributed by atoms with Crippen LogP contribution in [0.15, 0.2) is 0 Å². The van der Waals surface area contributed by atoms with Gasteiger partial charge < -0.3 is 9.80 Å². The van der Waals surface area contributed by atoms with Crippen LogP contribution in [-0.2, 0) is 4.79 Å². The first-order valence-corrected chi connectivity index (χ1v) is 7.62. The molecule has 5 heteroatoms. The van der Waals surface area contributed by atoms with Crippen molar-refractivity contribution in [3.63, 3.8) is 0 Å². The second-order valence-electron chi connectivity index (χ2n) is 5.88. The fourth-order valence-corrected chi connectivity index (χ4v) is 3.48. The Bertz CT molecular complexity index is 342. The van der Waals surface area contributed by atoms with Gasteiger partial charge in [-0.2, -0.15) is 0 Å². The summed E-state index contributed by atoms with van der Waals surface area (Å²) in [6.07, 6.45) is 6.77. The molecule has 3 saturated heterocycles. The molecule has 106 valence electrons. The van der Waals surface area contributed by atoms with Gasteiger partial charge in [-0.05, 0) is 45.2 Å². The number of carbonyl (C=O) groups excluding carboxylic acids is 2. The van der Waals surface area contributed by atoms with Crippen LogP contribution < -0.4 is 0 Å². The molecule has 0 saturated carbocycles. The molecule has 0 aliphatic carbocycles. The van der Waals surface area contributed by atoms with Gasteiger partial charge in [0.1, 0.15) is 6.04 Å². The first kappa shape index (κ1) is 12.9. The largest absolute Gasteiger partial charge is 0.327 e. The number of likely N-dealkylation sites (tertiary alicyclic amines) is 1. The fraction of sp³-hybridized carbons (Fsp3) is 0.857. The van der Waals surface area contributed by atoms with Crippen LogP contribution in [0.3, 0.4) is 0 Å². The highest BCUT2D eigenvalue weighted by atomic mass is 16.2. The van der Waals surface area contributed by atoms with Crippen molar-refractivity contribution >= 4 is 11.9 Å². The number of hydrogen-bond acceptors (Lipinski definition) is 3. The summed E-state index contributed by atoms with van der Waals surface area (Å²) in [5.74, 6) is 0.0432. The van der Waals surface area contributed by atoms with Gasteiger partial charge in [0.05, 0.1) is 0 Å². The Kier molecular flexibility index (Phi) is 3.73. The molecule has 1 atom stereocenters. The number of imide groups is 1. The summed E-state index contributed by atoms with van der Waals surface area (Å²) in [5, 5.41) is 0. The fourth-order valence-electron chi connectivity index (χ4n) is 3.48. The summed E-state index contributed by atoms with van der Waals surface area (Å²) in [7, 11) is 0. The lowest BCUT2D eigenvalue weighted by Gasteiger charge is -2.28. The van der Waals surface area contributed by atoms with Gasteiger partial charge in [-0.15, -0.1) is 0 Å². The minimum absolute atomic E-state index is 0.0432. The Morgan fingerprint density at radius 1 is 0.895 bits per heavy atom. The normalized spacial score (nSPS) is 28.9. The molecule has 3 rings (SSSR count). The van der Waals surface area contributed by atoms with Crippen LogP contribution in [0.5, 0.6) is 0 Å². The molecule has 5 nitrogen and oxygen atoms in total. The van der Waals surface area contributed by atoms with E-state index in [1.54, 1.807) is 4.90 Å². The average molecular weight is 265 g/mol. The van der Waals surface area contributed by atoms with E-state index >= 15 is 0 Å². The molecule has 0 bridgehead atoms. The molecule has 19 heavy (non-hydrogen) atoms. The van der Waals surface area contributed by atoms with Crippen LogP contribution in [0.1, 0.15) is 38.5 Å². The third kappa shape index (κ3) is 2.48. The summed E-state index contributed by atoms with van der Waals surface area (Å²) >= 11 is 0. The van der Waals surface area contributed by atoms with Crippen molar-refractivity contribution in [3.05, 3.63) is 0 Å². The Morgan fingerprint density at radius 3 is 2.37 bits per heavy atom. The van der Waals surface area contributed by atoms with Crippen molar-refractivity contribution in [2.75, 3.05) is 32.7 Å². The SMILES string of the molecule is O=C1[C@@H]2CCCCN2C(=O)N1CCN1CCCCC1. The van der Waals surface area contributed by atoms with Crippen LogP contribution in [0, 0.1) is 0 Å². The van der Waals surface area contributed by atoms with Crippen molar-refractivity contribution in [1.82, 2.24) is 14.7 Å². The van der Waals surface area contributed by atoms with Crippen molar-refractivity contribution in [3.8, 4) is 0 Å². The van der Waals surface area contributed by atoms with E-state index in [2.05, 4.69) is 4.90 Å². The highest BCUT2D eigenvalue weighted by molar-refractivity contribution is 6.04. The maximum absolute atomic E-state index is 12.3. The zero-order valence-electron chi connectivity index (χ0n) is 11.5. The zero-order valence-corrected chi connectivity index (χ0v) is 11.5. The van der Waals surface area contributed by atoms with Gasteiger partial charge in [0, 0.05) is 19.6 Å². The topological polar surface area (TPSA) is 43.9 Å². The summed E-state index contributed by atoms with van der Waals surface area (Å²) in [5.41, 5.74) is 0. The van der Waals surface area contributed by atoms with Gasteiger partial charge in [-0.3, -0.25) is 9.69 Å². The lowest BCUT2D eigenvalue weighted by Crippen LogP contribution is -2.41. The molecule has 0 aromatic heterocycles. The maximum atomic E-state index is 12.3. The number of amides is 3. The second kappa shape index (κ2) is 5.49. The number of nitrogens with zero attached hydrogens (tertiary/aromatic N) is 3. The number of hydrogen-bond donors (Lipinski definition) is 0. The second-order valence-corrected chi connectivity index (χ2v) is 5.88. The highest BCUT2D eigenvalue weighted by Crippen LogP contribution is 2.26. The van der Waals surface area contributed by atoms with Gasteiger partial charge in [-0.25, -0.2) is 4.79 Å². The highest BCUT2D eigenvalue weighted by Gasteiger charge is 2.45. The molecule has 0 unspecified atom stereocenters. The van der Waals surface area contributed by atoms with Gasteiger partial charge in [0.15, 0.2) is 0 Å². The summed E-state index contributed by atoms with van der Waals surface area (Å²) in [6.45, 7) is 4.41. The quantitative estimate of drug-likeness (QED) is 0.722. The van der Waals surface area contributed by atoms with E-state index in [1.165, 1.54) is 24.2 Å². The predicted octanol–water partition coefficient (Wildman–Crippen LogP) is 1.29. The van der Waals surface area contributed by atoms with E-state index in [-0.39, 0.29) is 18.0 Å². The molecule has 0 radical (unpaired) electrons. The van der Waals surface area contributed by atoms with Crippen molar-refractivity contribution in [2.24, 2.45) is 0 Å². The summed E-state index contributed by atoms with van der Waals surface area (Å²) < 4.78 is 0. The first-order valence-electron chi connectivity index (χ1n) is 7.62. The molecule has 3 aliphatic heterocycles.